The Kier molecular flexibility index (Phi) is 2.32. The zero-order chi connectivity index (χ0) is 12.4. The molecule has 2 aromatic heterocycles. The number of nitrogen functional groups attached to an aromatic ring is 1. The van der Waals surface area contributed by atoms with Crippen LogP contribution in [-0.4, -0.2) is 35.0 Å². The monoisotopic (exact) mass is 241 g/mol. The van der Waals surface area contributed by atoms with E-state index in [0.717, 1.165) is 6.33 Å². The molecule has 88 valence electrons. The normalized spacial score (nSPS) is 11.6. The van der Waals surface area contributed by atoms with E-state index in [4.69, 9.17) is 5.73 Å². The number of hydrogen-bond acceptors (Lipinski definition) is 10. The van der Waals surface area contributed by atoms with Crippen LogP contribution in [0.4, 0.5) is 17.6 Å². The van der Waals surface area contributed by atoms with Gasteiger partial charge >= 0.3 is 11.8 Å². The Labute approximate surface area is 90.8 Å². The maximum atomic E-state index is 11.3. The molecular weight excluding hydrogens is 238 g/mol. The number of hydrogen-bond donors (Lipinski definition) is 1. The van der Waals surface area contributed by atoms with Gasteiger partial charge in [-0.2, -0.15) is 4.63 Å². The number of nitrogens with zero attached hydrogens (tertiary/aromatic N) is 8. The van der Waals surface area contributed by atoms with Gasteiger partial charge in [0.15, 0.2) is 0 Å². The van der Waals surface area contributed by atoms with Crippen LogP contribution >= 0.6 is 0 Å². The molecule has 2 rings (SSSR count). The van der Waals surface area contributed by atoms with Gasteiger partial charge in [-0.25, -0.2) is 0 Å². The summed E-state index contributed by atoms with van der Waals surface area (Å²) in [6.45, 7) is 0. The largest absolute Gasteiger partial charge is 0.721 e. The van der Waals surface area contributed by atoms with Crippen LogP contribution in [0.15, 0.2) is 16.2 Å². The van der Waals surface area contributed by atoms with Crippen molar-refractivity contribution in [1.29, 1.82) is 0 Å². The van der Waals surface area contributed by atoms with E-state index in [-0.39, 0.29) is 10.7 Å². The zero-order valence-electron chi connectivity index (χ0n) is 7.87. The summed E-state index contributed by atoms with van der Waals surface area (Å²) in [6.07, 6.45) is 0.868. The van der Waals surface area contributed by atoms with E-state index in [1.165, 1.54) is 0 Å². The van der Waals surface area contributed by atoms with E-state index in [1.807, 2.05) is 0 Å². The quantitative estimate of drug-likeness (QED) is 0.311. The molecule has 13 heteroatoms. The number of rotatable bonds is 3. The van der Waals surface area contributed by atoms with Gasteiger partial charge in [0.05, 0.1) is 10.0 Å². The summed E-state index contributed by atoms with van der Waals surface area (Å²) >= 11 is 0. The third kappa shape index (κ3) is 1.96. The SMILES string of the molecule is Nc1nonc1[N+]([O-])=Nn1cnc([N+](=O)[O-])n1. The molecule has 0 aliphatic rings. The van der Waals surface area contributed by atoms with Crippen molar-refractivity contribution in [3.8, 4) is 0 Å². The second-order valence-electron chi connectivity index (χ2n) is 2.56. The lowest BCUT2D eigenvalue weighted by molar-refractivity contribution is -0.453. The molecule has 0 radical (unpaired) electrons. The summed E-state index contributed by atoms with van der Waals surface area (Å²) in [7, 11) is 0. The Bertz CT molecular complexity index is 583. The van der Waals surface area contributed by atoms with Gasteiger partial charge in [-0.05, 0) is 15.1 Å². The van der Waals surface area contributed by atoms with Gasteiger partial charge in [-0.1, -0.05) is 0 Å². The molecule has 0 atom stereocenters. The van der Waals surface area contributed by atoms with Crippen LogP contribution < -0.4 is 5.73 Å². The number of aromatic nitrogens is 5. The molecule has 0 unspecified atom stereocenters. The van der Waals surface area contributed by atoms with Crippen LogP contribution in [0.25, 0.3) is 0 Å². The first-order valence-electron chi connectivity index (χ1n) is 3.91. The number of nitro groups is 1. The highest BCUT2D eigenvalue weighted by Crippen LogP contribution is 2.14. The van der Waals surface area contributed by atoms with Crippen LogP contribution in [0.1, 0.15) is 0 Å². The van der Waals surface area contributed by atoms with Gasteiger partial charge in [-0.3, -0.25) is 0 Å². The molecule has 13 nitrogen and oxygen atoms in total. The van der Waals surface area contributed by atoms with Gasteiger partial charge in [0, 0.05) is 0 Å². The lowest BCUT2D eigenvalue weighted by Gasteiger charge is -1.98. The van der Waals surface area contributed by atoms with Crippen LogP contribution in [-0.2, 0) is 0 Å². The zero-order valence-corrected chi connectivity index (χ0v) is 7.87. The Morgan fingerprint density at radius 3 is 2.76 bits per heavy atom. The van der Waals surface area contributed by atoms with Gasteiger partial charge in [0.1, 0.15) is 10.3 Å². The predicted octanol–water partition coefficient (Wildman–Crippen LogP) is -0.791. The molecule has 0 saturated carbocycles. The lowest BCUT2D eigenvalue weighted by atomic mass is 10.7. The first kappa shape index (κ1) is 10.4. The van der Waals surface area contributed by atoms with E-state index in [2.05, 4.69) is 30.2 Å². The van der Waals surface area contributed by atoms with Crippen LogP contribution in [0, 0.1) is 15.3 Å². The fourth-order valence-corrected chi connectivity index (χ4v) is 0.822. The summed E-state index contributed by atoms with van der Waals surface area (Å²) in [5.41, 5.74) is 5.23. The summed E-state index contributed by atoms with van der Waals surface area (Å²) in [6, 6.07) is 0. The molecule has 0 spiro atoms. The van der Waals surface area contributed by atoms with Crippen LogP contribution in [0.5, 0.6) is 0 Å². The first-order valence-corrected chi connectivity index (χ1v) is 3.91. The minimum Gasteiger partial charge on any atom is -0.721 e. The van der Waals surface area contributed by atoms with Gasteiger partial charge in [0.2, 0.25) is 0 Å². The van der Waals surface area contributed by atoms with Crippen molar-refractivity contribution in [3.05, 3.63) is 21.6 Å². The molecule has 0 bridgehead atoms. The summed E-state index contributed by atoms with van der Waals surface area (Å²) < 4.78 is 4.17. The minimum absolute atomic E-state index is 0.0652. The Morgan fingerprint density at radius 1 is 1.47 bits per heavy atom. The van der Waals surface area contributed by atoms with Crippen molar-refractivity contribution in [3.63, 3.8) is 0 Å². The van der Waals surface area contributed by atoms with E-state index >= 15 is 0 Å². The summed E-state index contributed by atoms with van der Waals surface area (Å²) in [5.74, 6) is -1.38. The average Bonchev–Trinajstić information content (AvgIpc) is 2.86. The molecule has 0 aliphatic carbocycles. The third-order valence-corrected chi connectivity index (χ3v) is 1.48. The minimum atomic E-state index is -0.840. The van der Waals surface area contributed by atoms with Gasteiger partial charge in [-0.15, -0.1) is 4.86 Å². The molecule has 0 aliphatic heterocycles. The molecule has 2 heterocycles. The molecule has 2 N–H and O–H groups in total. The van der Waals surface area contributed by atoms with Gasteiger partial charge < -0.3 is 21.1 Å². The number of nitrogens with two attached hydrogens (primary N) is 1. The van der Waals surface area contributed by atoms with Gasteiger partial charge in [0.25, 0.3) is 12.1 Å². The Morgan fingerprint density at radius 2 is 2.24 bits per heavy atom. The van der Waals surface area contributed by atoms with Crippen molar-refractivity contribution in [1.82, 2.24) is 25.2 Å². The van der Waals surface area contributed by atoms with Crippen molar-refractivity contribution in [2.24, 2.45) is 5.22 Å². The topological polar surface area (TPSA) is 177 Å². The number of anilines is 1. The van der Waals surface area contributed by atoms with Crippen LogP contribution in [0.2, 0.25) is 0 Å². The molecule has 0 fully saturated rings. The molecule has 0 saturated heterocycles. The highest BCUT2D eigenvalue weighted by molar-refractivity contribution is 5.42. The van der Waals surface area contributed by atoms with E-state index in [0.29, 0.717) is 4.79 Å². The molecule has 2 aromatic rings. The van der Waals surface area contributed by atoms with Crippen molar-refractivity contribution in [2.75, 3.05) is 5.73 Å². The van der Waals surface area contributed by atoms with E-state index < -0.39 is 16.7 Å². The smallest absolute Gasteiger partial charge is 0.507 e. The Balaban J connectivity index is 2.30. The highest BCUT2D eigenvalue weighted by Gasteiger charge is 2.19. The fourth-order valence-electron chi connectivity index (χ4n) is 0.822. The third-order valence-electron chi connectivity index (χ3n) is 1.48. The summed E-state index contributed by atoms with van der Waals surface area (Å²) in [5, 5.41) is 34.4. The molecule has 17 heavy (non-hydrogen) atoms. The van der Waals surface area contributed by atoms with Crippen molar-refractivity contribution >= 4 is 17.6 Å². The first-order chi connectivity index (χ1) is 8.08. The lowest BCUT2D eigenvalue weighted by Crippen LogP contribution is -2.01. The van der Waals surface area contributed by atoms with E-state index in [1.54, 1.807) is 0 Å². The summed E-state index contributed by atoms with van der Waals surface area (Å²) in [4.78, 5) is 13.2. The highest BCUT2D eigenvalue weighted by atomic mass is 16.6. The predicted molar refractivity (Wildman–Crippen MR) is 46.5 cm³/mol. The molecular formula is C4H3N9O4. The molecule has 0 aromatic carbocycles. The standard InChI is InChI=1S/C4H3N9O4/c5-2-3(9-17-8-2)12(14)10-11-1-6-4(7-11)13(15)16/h1H,(H2,5,8). The average molecular weight is 241 g/mol. The van der Waals surface area contributed by atoms with Crippen molar-refractivity contribution in [2.45, 2.75) is 0 Å². The maximum absolute atomic E-state index is 11.3. The van der Waals surface area contributed by atoms with Crippen molar-refractivity contribution < 1.29 is 14.4 Å². The van der Waals surface area contributed by atoms with Crippen LogP contribution in [0.3, 0.4) is 0 Å². The maximum Gasteiger partial charge on any atom is 0.507 e. The Hall–Kier alpha value is -3.12. The second kappa shape index (κ2) is 3.80. The second-order valence-corrected chi connectivity index (χ2v) is 2.56. The molecule has 0 amide bonds. The van der Waals surface area contributed by atoms with E-state index in [9.17, 15) is 15.3 Å². The fraction of sp³-hybridized carbons (Fsp3) is 0.